The Balaban J connectivity index is 2.20. The number of rotatable bonds is 7. The maximum atomic E-state index is 12.5. The van der Waals surface area contributed by atoms with Crippen molar-refractivity contribution in [3.8, 4) is 0 Å². The molecule has 0 aliphatic carbocycles. The van der Waals surface area contributed by atoms with Crippen molar-refractivity contribution in [1.82, 2.24) is 4.72 Å². The predicted molar refractivity (Wildman–Crippen MR) is 92.9 cm³/mol. The molecular weight excluding hydrogens is 366 g/mol. The van der Waals surface area contributed by atoms with E-state index in [0.717, 1.165) is 11.6 Å². The highest BCUT2D eigenvalue weighted by molar-refractivity contribution is 7.89. The van der Waals surface area contributed by atoms with Crippen LogP contribution in [0, 0.1) is 0 Å². The van der Waals surface area contributed by atoms with Gasteiger partial charge in [-0.3, -0.25) is 4.79 Å². The lowest BCUT2D eigenvalue weighted by Crippen LogP contribution is -2.24. The molecule has 6 nitrogen and oxygen atoms in total. The van der Waals surface area contributed by atoms with Crippen molar-refractivity contribution >= 4 is 33.4 Å². The van der Waals surface area contributed by atoms with Crippen LogP contribution in [0.25, 0.3) is 0 Å². The maximum absolute atomic E-state index is 12.5. The number of carbonyl (C=O) groups excluding carboxylic acids is 2. The third-order valence-corrected chi connectivity index (χ3v) is 5.05. The van der Waals surface area contributed by atoms with Crippen LogP contribution in [0.1, 0.15) is 22.8 Å². The summed E-state index contributed by atoms with van der Waals surface area (Å²) in [4.78, 5) is 22.5. The van der Waals surface area contributed by atoms with Crippen molar-refractivity contribution in [2.24, 2.45) is 0 Å². The Morgan fingerprint density at radius 3 is 2.44 bits per heavy atom. The van der Waals surface area contributed by atoms with Crippen molar-refractivity contribution in [2.75, 3.05) is 6.61 Å². The van der Waals surface area contributed by atoms with Gasteiger partial charge >= 0.3 is 5.97 Å². The van der Waals surface area contributed by atoms with Crippen LogP contribution in [-0.4, -0.2) is 26.8 Å². The lowest BCUT2D eigenvalue weighted by Gasteiger charge is -2.10. The summed E-state index contributed by atoms with van der Waals surface area (Å²) in [5.74, 6) is -1.12. The first kappa shape index (κ1) is 19.1. The van der Waals surface area contributed by atoms with Crippen LogP contribution >= 0.6 is 11.6 Å². The van der Waals surface area contributed by atoms with Gasteiger partial charge in [0.25, 0.3) is 0 Å². The quantitative estimate of drug-likeness (QED) is 0.744. The van der Waals surface area contributed by atoms with Crippen LogP contribution in [0.3, 0.4) is 0 Å². The molecule has 8 heteroatoms. The lowest BCUT2D eigenvalue weighted by molar-refractivity contribution is -0.120. The SMILES string of the molecule is CC(=O)COC(=O)c1ccc(Cl)c(S(=O)(=O)NCc2ccccc2)c1. The van der Waals surface area contributed by atoms with Crippen LogP contribution in [-0.2, 0) is 26.1 Å². The Morgan fingerprint density at radius 2 is 1.80 bits per heavy atom. The summed E-state index contributed by atoms with van der Waals surface area (Å²) in [5, 5.41) is -0.0244. The average Bonchev–Trinajstić information content (AvgIpc) is 2.59. The van der Waals surface area contributed by atoms with Crippen molar-refractivity contribution in [1.29, 1.82) is 0 Å². The molecule has 0 aromatic heterocycles. The summed E-state index contributed by atoms with van der Waals surface area (Å²) in [5.41, 5.74) is 0.768. The molecule has 0 aliphatic rings. The first-order valence-electron chi connectivity index (χ1n) is 7.29. The minimum atomic E-state index is -3.93. The van der Waals surface area contributed by atoms with Gasteiger partial charge in [0.1, 0.15) is 11.5 Å². The van der Waals surface area contributed by atoms with Gasteiger partial charge in [-0.1, -0.05) is 41.9 Å². The highest BCUT2D eigenvalue weighted by Gasteiger charge is 2.20. The molecule has 2 aromatic carbocycles. The standard InChI is InChI=1S/C17H16ClNO5S/c1-12(20)11-24-17(21)14-7-8-15(18)16(9-14)25(22,23)19-10-13-5-3-2-4-6-13/h2-9,19H,10-11H2,1H3. The normalized spacial score (nSPS) is 11.1. The number of nitrogens with one attached hydrogen (secondary N) is 1. The second-order valence-corrected chi connectivity index (χ2v) is 7.38. The van der Waals surface area contributed by atoms with E-state index in [0.29, 0.717) is 0 Å². The summed E-state index contributed by atoms with van der Waals surface area (Å²) in [6.07, 6.45) is 0. The summed E-state index contributed by atoms with van der Waals surface area (Å²) in [6, 6.07) is 12.7. The molecule has 0 atom stereocenters. The van der Waals surface area contributed by atoms with Crippen molar-refractivity contribution in [2.45, 2.75) is 18.4 Å². The number of sulfonamides is 1. The zero-order valence-corrected chi connectivity index (χ0v) is 14.9. The molecule has 0 radical (unpaired) electrons. The molecule has 25 heavy (non-hydrogen) atoms. The third-order valence-electron chi connectivity index (χ3n) is 3.17. The molecule has 0 bridgehead atoms. The number of ether oxygens (including phenoxy) is 1. The van der Waals surface area contributed by atoms with E-state index in [-0.39, 0.29) is 34.4 Å². The fraction of sp³-hybridized carbons (Fsp3) is 0.176. The lowest BCUT2D eigenvalue weighted by atomic mass is 10.2. The molecule has 132 valence electrons. The van der Waals surface area contributed by atoms with Crippen LogP contribution in [0.4, 0.5) is 0 Å². The monoisotopic (exact) mass is 381 g/mol. The minimum absolute atomic E-state index is 0.00858. The fourth-order valence-electron chi connectivity index (χ4n) is 1.94. The van der Waals surface area contributed by atoms with E-state index in [1.807, 2.05) is 6.07 Å². The van der Waals surface area contributed by atoms with Crippen LogP contribution < -0.4 is 4.72 Å². The molecule has 1 N–H and O–H groups in total. The highest BCUT2D eigenvalue weighted by Crippen LogP contribution is 2.23. The predicted octanol–water partition coefficient (Wildman–Crippen LogP) is 2.56. The van der Waals surface area contributed by atoms with Crippen molar-refractivity contribution in [3.05, 3.63) is 64.7 Å². The second kappa shape index (κ2) is 8.24. The molecule has 0 spiro atoms. The number of Topliss-reactive ketones (excluding diaryl/α,β-unsaturated/α-hetero) is 1. The summed E-state index contributed by atoms with van der Waals surface area (Å²) >= 11 is 5.97. The van der Waals surface area contributed by atoms with Gasteiger partial charge in [0, 0.05) is 6.54 Å². The van der Waals surface area contributed by atoms with Gasteiger partial charge in [-0.05, 0) is 30.7 Å². The topological polar surface area (TPSA) is 89.5 Å². The largest absolute Gasteiger partial charge is 0.454 e. The first-order valence-corrected chi connectivity index (χ1v) is 9.15. The Hall–Kier alpha value is -2.22. The Morgan fingerprint density at radius 1 is 1.12 bits per heavy atom. The Labute approximate surface area is 150 Å². The molecule has 0 heterocycles. The van der Waals surface area contributed by atoms with E-state index in [4.69, 9.17) is 16.3 Å². The number of carbonyl (C=O) groups is 2. The Kier molecular flexibility index (Phi) is 6.30. The van der Waals surface area contributed by atoms with Gasteiger partial charge in [0.05, 0.1) is 10.6 Å². The van der Waals surface area contributed by atoms with Gasteiger partial charge < -0.3 is 4.74 Å². The first-order chi connectivity index (χ1) is 11.8. The van der Waals surface area contributed by atoms with Gasteiger partial charge in [-0.15, -0.1) is 0 Å². The van der Waals surface area contributed by atoms with Crippen molar-refractivity contribution in [3.63, 3.8) is 0 Å². The highest BCUT2D eigenvalue weighted by atomic mass is 35.5. The molecule has 2 rings (SSSR count). The van der Waals surface area contributed by atoms with Gasteiger partial charge in [-0.2, -0.15) is 0 Å². The maximum Gasteiger partial charge on any atom is 0.338 e. The second-order valence-electron chi connectivity index (χ2n) is 5.23. The molecule has 0 fully saturated rings. The van der Waals surface area contributed by atoms with Gasteiger partial charge in [-0.25, -0.2) is 17.9 Å². The molecule has 0 saturated heterocycles. The van der Waals surface area contributed by atoms with Crippen LogP contribution in [0.5, 0.6) is 0 Å². The number of halogens is 1. The fourth-order valence-corrected chi connectivity index (χ4v) is 3.48. The van der Waals surface area contributed by atoms with E-state index >= 15 is 0 Å². The van der Waals surface area contributed by atoms with E-state index in [1.165, 1.54) is 19.1 Å². The number of hydrogen-bond acceptors (Lipinski definition) is 5. The minimum Gasteiger partial charge on any atom is -0.454 e. The van der Waals surface area contributed by atoms with Gasteiger partial charge in [0.2, 0.25) is 10.0 Å². The molecule has 2 aromatic rings. The number of hydrogen-bond donors (Lipinski definition) is 1. The summed E-state index contributed by atoms with van der Waals surface area (Å²) in [7, 11) is -3.93. The summed E-state index contributed by atoms with van der Waals surface area (Å²) in [6.45, 7) is 0.979. The van der Waals surface area contributed by atoms with Crippen LogP contribution in [0.2, 0.25) is 5.02 Å². The molecule has 0 amide bonds. The number of ketones is 1. The molecule has 0 unspecified atom stereocenters. The summed E-state index contributed by atoms with van der Waals surface area (Å²) < 4.78 is 32.1. The zero-order chi connectivity index (χ0) is 18.4. The van der Waals surface area contributed by atoms with E-state index < -0.39 is 16.0 Å². The molecule has 0 aliphatic heterocycles. The van der Waals surface area contributed by atoms with E-state index in [9.17, 15) is 18.0 Å². The average molecular weight is 382 g/mol. The van der Waals surface area contributed by atoms with Crippen molar-refractivity contribution < 1.29 is 22.7 Å². The molecule has 0 saturated carbocycles. The van der Waals surface area contributed by atoms with E-state index in [2.05, 4.69) is 4.72 Å². The number of esters is 1. The number of benzene rings is 2. The zero-order valence-electron chi connectivity index (χ0n) is 13.4. The third kappa shape index (κ3) is 5.38. The van der Waals surface area contributed by atoms with E-state index in [1.54, 1.807) is 24.3 Å². The van der Waals surface area contributed by atoms with Crippen LogP contribution in [0.15, 0.2) is 53.4 Å². The smallest absolute Gasteiger partial charge is 0.338 e. The molecular formula is C17H16ClNO5S. The Bertz CT molecular complexity index is 881. The van der Waals surface area contributed by atoms with Gasteiger partial charge in [0.15, 0.2) is 5.78 Å².